The standard InChI is InChI=1S/C14H21N3O4/c1-16-13(18)9-21-12-5-4-10(8-11(12)15)14(19)17-6-3-7-20-2/h4-5,8H,3,6-7,9,15H2,1-2H3,(H,16,18)(H,17,19). The van der Waals surface area contributed by atoms with Gasteiger partial charge in [0.1, 0.15) is 5.75 Å². The molecule has 0 aliphatic heterocycles. The summed E-state index contributed by atoms with van der Waals surface area (Å²) in [5.74, 6) is -0.0976. The number of rotatable bonds is 8. The highest BCUT2D eigenvalue weighted by Gasteiger charge is 2.09. The summed E-state index contributed by atoms with van der Waals surface area (Å²) in [6, 6.07) is 4.69. The van der Waals surface area contributed by atoms with Crippen LogP contribution in [-0.4, -0.2) is 45.7 Å². The lowest BCUT2D eigenvalue weighted by Gasteiger charge is -2.10. The quantitative estimate of drug-likeness (QED) is 0.468. The molecule has 1 aromatic rings. The number of amides is 2. The zero-order valence-electron chi connectivity index (χ0n) is 12.3. The predicted molar refractivity (Wildman–Crippen MR) is 79.2 cm³/mol. The maximum Gasteiger partial charge on any atom is 0.257 e. The van der Waals surface area contributed by atoms with Crippen molar-refractivity contribution in [1.82, 2.24) is 10.6 Å². The second kappa shape index (κ2) is 8.80. The van der Waals surface area contributed by atoms with Crippen LogP contribution < -0.4 is 21.1 Å². The summed E-state index contributed by atoms with van der Waals surface area (Å²) in [5.41, 5.74) is 6.56. The molecule has 0 radical (unpaired) electrons. The molecule has 4 N–H and O–H groups in total. The van der Waals surface area contributed by atoms with E-state index in [0.717, 1.165) is 6.42 Å². The van der Waals surface area contributed by atoms with E-state index in [2.05, 4.69) is 10.6 Å². The Bertz CT molecular complexity index is 491. The van der Waals surface area contributed by atoms with Gasteiger partial charge in [-0.1, -0.05) is 0 Å². The van der Waals surface area contributed by atoms with Gasteiger partial charge in [0.2, 0.25) is 0 Å². The highest BCUT2D eigenvalue weighted by atomic mass is 16.5. The van der Waals surface area contributed by atoms with E-state index in [1.807, 2.05) is 0 Å². The smallest absolute Gasteiger partial charge is 0.257 e. The Hall–Kier alpha value is -2.28. The van der Waals surface area contributed by atoms with Gasteiger partial charge < -0.3 is 25.8 Å². The van der Waals surface area contributed by atoms with Crippen molar-refractivity contribution in [3.05, 3.63) is 23.8 Å². The maximum absolute atomic E-state index is 11.9. The van der Waals surface area contributed by atoms with Crippen LogP contribution in [0.4, 0.5) is 5.69 Å². The van der Waals surface area contributed by atoms with E-state index in [1.54, 1.807) is 19.2 Å². The minimum atomic E-state index is -0.255. The van der Waals surface area contributed by atoms with Crippen LogP contribution in [0.5, 0.6) is 5.75 Å². The van der Waals surface area contributed by atoms with Gasteiger partial charge in [-0.15, -0.1) is 0 Å². The molecule has 0 aliphatic rings. The Labute approximate surface area is 123 Å². The van der Waals surface area contributed by atoms with Crippen molar-refractivity contribution in [2.45, 2.75) is 6.42 Å². The Morgan fingerprint density at radius 2 is 2.10 bits per heavy atom. The zero-order valence-corrected chi connectivity index (χ0v) is 12.3. The molecular weight excluding hydrogens is 274 g/mol. The highest BCUT2D eigenvalue weighted by Crippen LogP contribution is 2.22. The molecule has 0 saturated heterocycles. The number of nitrogen functional groups attached to an aromatic ring is 1. The Morgan fingerprint density at radius 1 is 1.33 bits per heavy atom. The topological polar surface area (TPSA) is 103 Å². The van der Waals surface area contributed by atoms with Crippen LogP contribution in [0.3, 0.4) is 0 Å². The number of likely N-dealkylation sites (N-methyl/N-ethyl adjacent to an activating group) is 1. The van der Waals surface area contributed by atoms with Gasteiger partial charge in [-0.05, 0) is 24.6 Å². The average Bonchev–Trinajstić information content (AvgIpc) is 2.49. The van der Waals surface area contributed by atoms with Crippen LogP contribution >= 0.6 is 0 Å². The van der Waals surface area contributed by atoms with Crippen molar-refractivity contribution in [2.75, 3.05) is 39.6 Å². The number of hydrogen-bond donors (Lipinski definition) is 3. The monoisotopic (exact) mass is 295 g/mol. The minimum Gasteiger partial charge on any atom is -0.482 e. The third-order valence-electron chi connectivity index (χ3n) is 2.72. The SMILES string of the molecule is CNC(=O)COc1ccc(C(=O)NCCCOC)cc1N. The molecule has 0 atom stereocenters. The third-order valence-corrected chi connectivity index (χ3v) is 2.72. The lowest BCUT2D eigenvalue weighted by atomic mass is 10.1. The fraction of sp³-hybridized carbons (Fsp3) is 0.429. The number of carbonyl (C=O) groups excluding carboxylic acids is 2. The molecule has 7 nitrogen and oxygen atoms in total. The van der Waals surface area contributed by atoms with E-state index in [9.17, 15) is 9.59 Å². The Balaban J connectivity index is 2.56. The van der Waals surface area contributed by atoms with E-state index in [1.165, 1.54) is 13.1 Å². The summed E-state index contributed by atoms with van der Waals surface area (Å²) < 4.78 is 10.2. The Kier molecular flexibility index (Phi) is 7.03. The van der Waals surface area contributed by atoms with E-state index < -0.39 is 0 Å². The molecule has 0 spiro atoms. The molecular formula is C14H21N3O4. The summed E-state index contributed by atoms with van der Waals surface area (Å²) in [6.07, 6.45) is 0.741. The lowest BCUT2D eigenvalue weighted by Crippen LogP contribution is -2.26. The molecule has 116 valence electrons. The van der Waals surface area contributed by atoms with Gasteiger partial charge >= 0.3 is 0 Å². The number of hydrogen-bond acceptors (Lipinski definition) is 5. The number of nitrogens with two attached hydrogens (primary N) is 1. The normalized spacial score (nSPS) is 10.0. The third kappa shape index (κ3) is 5.70. The number of ether oxygens (including phenoxy) is 2. The van der Waals surface area contributed by atoms with Crippen LogP contribution in [0.15, 0.2) is 18.2 Å². The molecule has 0 aromatic heterocycles. The Morgan fingerprint density at radius 3 is 2.71 bits per heavy atom. The van der Waals surface area contributed by atoms with Gasteiger partial charge in [-0.3, -0.25) is 9.59 Å². The number of benzene rings is 1. The number of nitrogens with one attached hydrogen (secondary N) is 2. The first-order valence-electron chi connectivity index (χ1n) is 6.58. The zero-order chi connectivity index (χ0) is 15.7. The largest absolute Gasteiger partial charge is 0.482 e. The van der Waals surface area contributed by atoms with Gasteiger partial charge in [-0.25, -0.2) is 0 Å². The fourth-order valence-corrected chi connectivity index (χ4v) is 1.56. The molecule has 2 amide bonds. The minimum absolute atomic E-state index is 0.122. The lowest BCUT2D eigenvalue weighted by molar-refractivity contribution is -0.122. The second-order valence-corrected chi connectivity index (χ2v) is 4.32. The van der Waals surface area contributed by atoms with E-state index >= 15 is 0 Å². The first kappa shape index (κ1) is 16.8. The summed E-state index contributed by atoms with van der Waals surface area (Å²) in [4.78, 5) is 23.0. The van der Waals surface area contributed by atoms with Crippen LogP contribution in [0, 0.1) is 0 Å². The van der Waals surface area contributed by atoms with Gasteiger partial charge in [0.25, 0.3) is 11.8 Å². The van der Waals surface area contributed by atoms with Crippen molar-refractivity contribution >= 4 is 17.5 Å². The molecule has 21 heavy (non-hydrogen) atoms. The van der Waals surface area contributed by atoms with Gasteiger partial charge in [0.05, 0.1) is 5.69 Å². The molecule has 1 rings (SSSR count). The predicted octanol–water partition coefficient (Wildman–Crippen LogP) is 0.160. The van der Waals surface area contributed by atoms with Crippen LogP contribution in [0.25, 0.3) is 0 Å². The molecule has 0 heterocycles. The van der Waals surface area contributed by atoms with Crippen molar-refractivity contribution in [3.63, 3.8) is 0 Å². The summed E-state index contributed by atoms with van der Waals surface area (Å²) in [7, 11) is 3.13. The number of anilines is 1. The summed E-state index contributed by atoms with van der Waals surface area (Å²) in [6.45, 7) is 0.999. The molecule has 0 saturated carbocycles. The average molecular weight is 295 g/mol. The maximum atomic E-state index is 11.9. The molecule has 0 fully saturated rings. The van der Waals surface area contributed by atoms with Crippen molar-refractivity contribution in [1.29, 1.82) is 0 Å². The van der Waals surface area contributed by atoms with Gasteiger partial charge in [0, 0.05) is 32.9 Å². The molecule has 7 heteroatoms. The van der Waals surface area contributed by atoms with Crippen molar-refractivity contribution < 1.29 is 19.1 Å². The van der Waals surface area contributed by atoms with Crippen LogP contribution in [0.1, 0.15) is 16.8 Å². The molecule has 0 bridgehead atoms. The van der Waals surface area contributed by atoms with Gasteiger partial charge in [0.15, 0.2) is 6.61 Å². The van der Waals surface area contributed by atoms with E-state index in [-0.39, 0.29) is 18.4 Å². The first-order valence-corrected chi connectivity index (χ1v) is 6.58. The fourth-order valence-electron chi connectivity index (χ4n) is 1.56. The highest BCUT2D eigenvalue weighted by molar-refractivity contribution is 5.95. The second-order valence-electron chi connectivity index (χ2n) is 4.32. The van der Waals surface area contributed by atoms with Crippen molar-refractivity contribution in [3.8, 4) is 5.75 Å². The van der Waals surface area contributed by atoms with Crippen molar-refractivity contribution in [2.24, 2.45) is 0 Å². The van der Waals surface area contributed by atoms with E-state index in [0.29, 0.717) is 30.2 Å². The van der Waals surface area contributed by atoms with Gasteiger partial charge in [-0.2, -0.15) is 0 Å². The molecule has 1 aromatic carbocycles. The molecule has 0 unspecified atom stereocenters. The number of carbonyl (C=O) groups is 2. The first-order chi connectivity index (χ1) is 10.1. The summed E-state index contributed by atoms with van der Waals surface area (Å²) >= 11 is 0. The summed E-state index contributed by atoms with van der Waals surface area (Å²) in [5, 5.41) is 5.20. The number of methoxy groups -OCH3 is 1. The van der Waals surface area contributed by atoms with Crippen LogP contribution in [-0.2, 0) is 9.53 Å². The van der Waals surface area contributed by atoms with E-state index in [4.69, 9.17) is 15.2 Å². The van der Waals surface area contributed by atoms with Crippen LogP contribution in [0.2, 0.25) is 0 Å². The molecule has 0 aliphatic carbocycles.